The van der Waals surface area contributed by atoms with Crippen LogP contribution >= 0.6 is 0 Å². The van der Waals surface area contributed by atoms with E-state index in [4.69, 9.17) is 4.74 Å². The molecule has 0 saturated heterocycles. The Morgan fingerprint density at radius 1 is 1.38 bits per heavy atom. The fourth-order valence-electron chi connectivity index (χ4n) is 1.38. The molecule has 0 heterocycles. The molecule has 0 radical (unpaired) electrons. The number of ether oxygens (including phenoxy) is 1. The summed E-state index contributed by atoms with van der Waals surface area (Å²) in [5.74, 6) is 0.906. The molecular weight excluding hydrogens is 204 g/mol. The maximum atomic E-state index is 11.3. The van der Waals surface area contributed by atoms with Crippen molar-refractivity contribution in [2.24, 2.45) is 5.92 Å². The van der Waals surface area contributed by atoms with Crippen LogP contribution in [0.5, 0.6) is 0 Å². The molecule has 1 aliphatic rings. The molecule has 0 aromatic carbocycles. The van der Waals surface area contributed by atoms with Crippen molar-refractivity contribution in [1.29, 1.82) is 0 Å². The molecule has 0 aromatic heterocycles. The molecule has 0 aliphatic heterocycles. The van der Waals surface area contributed by atoms with E-state index in [2.05, 4.69) is 17.6 Å². The molecule has 0 aromatic rings. The lowest BCUT2D eigenvalue weighted by molar-refractivity contribution is -0.120. The third kappa shape index (κ3) is 7.65. The van der Waals surface area contributed by atoms with Gasteiger partial charge in [0.15, 0.2) is 0 Å². The zero-order chi connectivity index (χ0) is 11.6. The first-order chi connectivity index (χ1) is 7.83. The van der Waals surface area contributed by atoms with Gasteiger partial charge in [0.1, 0.15) is 0 Å². The number of amides is 1. The van der Waals surface area contributed by atoms with Gasteiger partial charge in [-0.1, -0.05) is 6.92 Å². The van der Waals surface area contributed by atoms with Gasteiger partial charge in [-0.25, -0.2) is 0 Å². The second-order valence-corrected chi connectivity index (χ2v) is 4.40. The van der Waals surface area contributed by atoms with E-state index < -0.39 is 0 Å². The number of rotatable bonds is 10. The van der Waals surface area contributed by atoms with Gasteiger partial charge in [0.2, 0.25) is 5.91 Å². The molecular formula is C12H24N2O2. The summed E-state index contributed by atoms with van der Waals surface area (Å²) < 4.78 is 5.47. The Morgan fingerprint density at radius 3 is 2.88 bits per heavy atom. The maximum Gasteiger partial charge on any atom is 0.233 e. The zero-order valence-electron chi connectivity index (χ0n) is 10.3. The van der Waals surface area contributed by atoms with Crippen LogP contribution in [0.25, 0.3) is 0 Å². The molecule has 0 atom stereocenters. The molecule has 0 unspecified atom stereocenters. The Bertz CT molecular complexity index is 193. The van der Waals surface area contributed by atoms with E-state index in [0.29, 0.717) is 6.54 Å². The predicted molar refractivity (Wildman–Crippen MR) is 64.3 cm³/mol. The Morgan fingerprint density at radius 2 is 2.19 bits per heavy atom. The molecule has 1 amide bonds. The molecule has 1 rings (SSSR count). The van der Waals surface area contributed by atoms with Crippen molar-refractivity contribution in [3.8, 4) is 0 Å². The standard InChI is InChI=1S/C12H24N2O2/c1-2-6-13-9-12(15)14-7-3-8-16-10-11-4-5-11/h11,13H,2-10H2,1H3,(H,14,15). The van der Waals surface area contributed by atoms with Gasteiger partial charge in [-0.15, -0.1) is 0 Å². The molecule has 1 aliphatic carbocycles. The van der Waals surface area contributed by atoms with Crippen molar-refractivity contribution in [3.05, 3.63) is 0 Å². The van der Waals surface area contributed by atoms with Gasteiger partial charge in [-0.3, -0.25) is 4.79 Å². The number of nitrogens with one attached hydrogen (secondary N) is 2. The minimum Gasteiger partial charge on any atom is -0.381 e. The van der Waals surface area contributed by atoms with Crippen LogP contribution in [0.15, 0.2) is 0 Å². The molecule has 4 heteroatoms. The summed E-state index contributed by atoms with van der Waals surface area (Å²) in [5.41, 5.74) is 0. The molecule has 0 spiro atoms. The summed E-state index contributed by atoms with van der Waals surface area (Å²) in [6, 6.07) is 0. The maximum absolute atomic E-state index is 11.3. The van der Waals surface area contributed by atoms with Crippen LogP contribution in [0.1, 0.15) is 32.6 Å². The van der Waals surface area contributed by atoms with Crippen LogP contribution in [0, 0.1) is 5.92 Å². The van der Waals surface area contributed by atoms with Crippen LogP contribution in [0.4, 0.5) is 0 Å². The van der Waals surface area contributed by atoms with Gasteiger partial charge >= 0.3 is 0 Å². The summed E-state index contributed by atoms with van der Waals surface area (Å²) in [7, 11) is 0. The normalized spacial score (nSPS) is 15.1. The summed E-state index contributed by atoms with van der Waals surface area (Å²) in [4.78, 5) is 11.3. The number of hydrogen-bond acceptors (Lipinski definition) is 3. The van der Waals surface area contributed by atoms with Crippen LogP contribution in [0.2, 0.25) is 0 Å². The van der Waals surface area contributed by atoms with Gasteiger partial charge in [-0.2, -0.15) is 0 Å². The lowest BCUT2D eigenvalue weighted by atomic mass is 10.4. The monoisotopic (exact) mass is 228 g/mol. The smallest absolute Gasteiger partial charge is 0.233 e. The third-order valence-electron chi connectivity index (χ3n) is 2.55. The van der Waals surface area contributed by atoms with Crippen molar-refractivity contribution in [3.63, 3.8) is 0 Å². The van der Waals surface area contributed by atoms with Crippen molar-refractivity contribution in [2.45, 2.75) is 32.6 Å². The van der Waals surface area contributed by atoms with E-state index in [9.17, 15) is 4.79 Å². The van der Waals surface area contributed by atoms with E-state index in [1.807, 2.05) is 0 Å². The first kappa shape index (κ1) is 13.5. The summed E-state index contributed by atoms with van der Waals surface area (Å²) in [6.45, 7) is 5.80. The highest BCUT2D eigenvalue weighted by atomic mass is 16.5. The molecule has 2 N–H and O–H groups in total. The minimum atomic E-state index is 0.0793. The number of hydrogen-bond donors (Lipinski definition) is 2. The highest BCUT2D eigenvalue weighted by Gasteiger charge is 2.20. The Balaban J connectivity index is 1.76. The minimum absolute atomic E-state index is 0.0793. The topological polar surface area (TPSA) is 50.4 Å². The summed E-state index contributed by atoms with van der Waals surface area (Å²) in [6.07, 6.45) is 4.63. The van der Waals surface area contributed by atoms with Gasteiger partial charge in [0.25, 0.3) is 0 Å². The highest BCUT2D eigenvalue weighted by molar-refractivity contribution is 5.77. The third-order valence-corrected chi connectivity index (χ3v) is 2.55. The number of carbonyl (C=O) groups is 1. The van der Waals surface area contributed by atoms with E-state index >= 15 is 0 Å². The van der Waals surface area contributed by atoms with E-state index in [0.717, 1.165) is 45.1 Å². The van der Waals surface area contributed by atoms with E-state index in [1.165, 1.54) is 12.8 Å². The van der Waals surface area contributed by atoms with Crippen molar-refractivity contribution >= 4 is 5.91 Å². The molecule has 1 fully saturated rings. The highest BCUT2D eigenvalue weighted by Crippen LogP contribution is 2.28. The molecule has 0 bridgehead atoms. The summed E-state index contributed by atoms with van der Waals surface area (Å²) >= 11 is 0. The van der Waals surface area contributed by atoms with Gasteiger partial charge in [-0.05, 0) is 38.1 Å². The lowest BCUT2D eigenvalue weighted by Gasteiger charge is -2.06. The van der Waals surface area contributed by atoms with Crippen LogP contribution in [-0.4, -0.2) is 38.8 Å². The Kier molecular flexibility index (Phi) is 7.17. The van der Waals surface area contributed by atoms with Gasteiger partial charge in [0, 0.05) is 19.8 Å². The number of carbonyl (C=O) groups excluding carboxylic acids is 1. The Labute approximate surface area is 98.1 Å². The van der Waals surface area contributed by atoms with Crippen LogP contribution < -0.4 is 10.6 Å². The summed E-state index contributed by atoms with van der Waals surface area (Å²) in [5, 5.41) is 5.93. The van der Waals surface area contributed by atoms with Gasteiger partial charge in [0.05, 0.1) is 6.54 Å². The van der Waals surface area contributed by atoms with E-state index in [-0.39, 0.29) is 5.91 Å². The molecule has 16 heavy (non-hydrogen) atoms. The Hall–Kier alpha value is -0.610. The predicted octanol–water partition coefficient (Wildman–Crippen LogP) is 0.919. The zero-order valence-corrected chi connectivity index (χ0v) is 10.3. The molecule has 1 saturated carbocycles. The second kappa shape index (κ2) is 8.53. The average molecular weight is 228 g/mol. The molecule has 4 nitrogen and oxygen atoms in total. The van der Waals surface area contributed by atoms with Crippen molar-refractivity contribution in [1.82, 2.24) is 10.6 Å². The SMILES string of the molecule is CCCNCC(=O)NCCCOCC1CC1. The van der Waals surface area contributed by atoms with Crippen LogP contribution in [0.3, 0.4) is 0 Å². The lowest BCUT2D eigenvalue weighted by Crippen LogP contribution is -2.34. The average Bonchev–Trinajstić information content (AvgIpc) is 3.07. The van der Waals surface area contributed by atoms with E-state index in [1.54, 1.807) is 0 Å². The van der Waals surface area contributed by atoms with Crippen molar-refractivity contribution in [2.75, 3.05) is 32.8 Å². The first-order valence-corrected chi connectivity index (χ1v) is 6.38. The second-order valence-electron chi connectivity index (χ2n) is 4.40. The van der Waals surface area contributed by atoms with Crippen molar-refractivity contribution < 1.29 is 9.53 Å². The largest absolute Gasteiger partial charge is 0.381 e. The van der Waals surface area contributed by atoms with Gasteiger partial charge < -0.3 is 15.4 Å². The first-order valence-electron chi connectivity index (χ1n) is 6.38. The quantitative estimate of drug-likeness (QED) is 0.547. The molecule has 94 valence electrons. The fourth-order valence-corrected chi connectivity index (χ4v) is 1.38. The fraction of sp³-hybridized carbons (Fsp3) is 0.917. The van der Waals surface area contributed by atoms with Crippen LogP contribution in [-0.2, 0) is 9.53 Å².